The van der Waals surface area contributed by atoms with Gasteiger partial charge in [0.2, 0.25) is 5.82 Å². The molecule has 3 aromatic rings. The van der Waals surface area contributed by atoms with Crippen molar-refractivity contribution in [2.24, 2.45) is 7.05 Å². The molecule has 1 aliphatic rings. The van der Waals surface area contributed by atoms with Crippen LogP contribution in [0.1, 0.15) is 63.5 Å². The van der Waals surface area contributed by atoms with E-state index in [1.54, 1.807) is 13.1 Å². The minimum absolute atomic E-state index is 0.0430. The smallest absolute Gasteiger partial charge is 0.210 e. The minimum atomic E-state index is -0.112. The minimum Gasteiger partial charge on any atom is -0.357 e. The van der Waals surface area contributed by atoms with Crippen molar-refractivity contribution in [3.05, 3.63) is 33.2 Å². The maximum atomic E-state index is 13.0. The molecule has 0 saturated carbocycles. The summed E-state index contributed by atoms with van der Waals surface area (Å²) in [5.74, 6) is 0.341. The van der Waals surface area contributed by atoms with E-state index in [0.29, 0.717) is 11.4 Å². The van der Waals surface area contributed by atoms with Gasteiger partial charge in [-0.1, -0.05) is 13.8 Å². The first-order valence-corrected chi connectivity index (χ1v) is 9.79. The van der Waals surface area contributed by atoms with Crippen LogP contribution in [-0.2, 0) is 18.9 Å². The van der Waals surface area contributed by atoms with E-state index >= 15 is 0 Å². The number of aromatic nitrogens is 7. The molecule has 4 rings (SSSR count). The molecule has 0 aliphatic heterocycles. The highest BCUT2D eigenvalue weighted by atomic mass is 16.1. The lowest BCUT2D eigenvalue weighted by atomic mass is 9.76. The van der Waals surface area contributed by atoms with Crippen LogP contribution in [0.3, 0.4) is 0 Å². The van der Waals surface area contributed by atoms with E-state index in [1.807, 2.05) is 6.92 Å². The van der Waals surface area contributed by atoms with Gasteiger partial charge in [-0.15, -0.1) is 10.2 Å². The number of fused-ring (bicyclic) bond motifs is 1. The summed E-state index contributed by atoms with van der Waals surface area (Å²) in [6, 6.07) is 1.85. The number of hydrogen-bond donors (Lipinski definition) is 1. The van der Waals surface area contributed by atoms with Crippen molar-refractivity contribution >= 4 is 0 Å². The second-order valence-electron chi connectivity index (χ2n) is 8.60. The third kappa shape index (κ3) is 2.87. The number of tetrazole rings is 1. The highest BCUT2D eigenvalue weighted by molar-refractivity contribution is 5.67. The average molecular weight is 381 g/mol. The first kappa shape index (κ1) is 18.6. The van der Waals surface area contributed by atoms with Crippen LogP contribution >= 0.6 is 0 Å². The van der Waals surface area contributed by atoms with Crippen LogP contribution in [0, 0.1) is 6.92 Å². The molecule has 3 heterocycles. The Kier molecular flexibility index (Phi) is 4.24. The monoisotopic (exact) mass is 381 g/mol. The first-order chi connectivity index (χ1) is 13.2. The van der Waals surface area contributed by atoms with Gasteiger partial charge in [-0.25, -0.2) is 0 Å². The Labute approximate surface area is 164 Å². The van der Waals surface area contributed by atoms with Gasteiger partial charge in [0.25, 0.3) is 0 Å². The van der Waals surface area contributed by atoms with Crippen LogP contribution in [-0.4, -0.2) is 35.0 Å². The molecule has 0 spiro atoms. The molecular formula is C20H27N7O. The van der Waals surface area contributed by atoms with Gasteiger partial charge in [0, 0.05) is 28.8 Å². The van der Waals surface area contributed by atoms with Crippen molar-refractivity contribution in [2.45, 2.75) is 65.3 Å². The highest BCUT2D eigenvalue weighted by Crippen LogP contribution is 2.41. The van der Waals surface area contributed by atoms with E-state index in [-0.39, 0.29) is 16.9 Å². The zero-order valence-electron chi connectivity index (χ0n) is 17.4. The van der Waals surface area contributed by atoms with Crippen LogP contribution < -0.4 is 5.43 Å². The van der Waals surface area contributed by atoms with Gasteiger partial charge in [0.05, 0.1) is 29.7 Å². The number of aromatic amines is 1. The van der Waals surface area contributed by atoms with Crippen LogP contribution in [0.5, 0.6) is 0 Å². The molecule has 0 bridgehead atoms. The Morgan fingerprint density at radius 2 is 2.00 bits per heavy atom. The molecule has 148 valence electrons. The van der Waals surface area contributed by atoms with Crippen molar-refractivity contribution < 1.29 is 0 Å². The largest absolute Gasteiger partial charge is 0.357 e. The second kappa shape index (κ2) is 6.39. The average Bonchev–Trinajstić information content (AvgIpc) is 3.18. The van der Waals surface area contributed by atoms with Crippen molar-refractivity contribution in [3.8, 4) is 22.8 Å². The van der Waals surface area contributed by atoms with Gasteiger partial charge in [-0.2, -0.15) is 9.90 Å². The molecule has 0 saturated heterocycles. The Hall–Kier alpha value is -2.77. The van der Waals surface area contributed by atoms with Crippen LogP contribution in [0.25, 0.3) is 22.8 Å². The Balaban J connectivity index is 1.93. The molecular weight excluding hydrogens is 354 g/mol. The van der Waals surface area contributed by atoms with Gasteiger partial charge < -0.3 is 4.98 Å². The van der Waals surface area contributed by atoms with Gasteiger partial charge in [-0.05, 0) is 45.2 Å². The predicted molar refractivity (Wildman–Crippen MR) is 107 cm³/mol. The van der Waals surface area contributed by atoms with Gasteiger partial charge in [0.15, 0.2) is 5.43 Å². The molecule has 0 atom stereocenters. The Morgan fingerprint density at radius 3 is 2.61 bits per heavy atom. The summed E-state index contributed by atoms with van der Waals surface area (Å²) in [5.41, 5.74) is 5.36. The van der Waals surface area contributed by atoms with E-state index in [4.69, 9.17) is 5.10 Å². The van der Waals surface area contributed by atoms with Gasteiger partial charge >= 0.3 is 0 Å². The summed E-state index contributed by atoms with van der Waals surface area (Å²) in [6.45, 7) is 10.6. The molecule has 1 N–H and O–H groups in total. The summed E-state index contributed by atoms with van der Waals surface area (Å²) in [6.07, 6.45) is 3.23. The van der Waals surface area contributed by atoms with E-state index in [0.717, 1.165) is 42.0 Å². The molecule has 0 fully saturated rings. The number of rotatable bonds is 3. The number of hydrogen-bond acceptors (Lipinski definition) is 5. The highest BCUT2D eigenvalue weighted by Gasteiger charge is 2.34. The normalized spacial score (nSPS) is 15.8. The number of H-pyrrole nitrogens is 1. The van der Waals surface area contributed by atoms with Crippen LogP contribution in [0.15, 0.2) is 10.9 Å². The van der Waals surface area contributed by atoms with Crippen molar-refractivity contribution in [3.63, 3.8) is 0 Å². The fourth-order valence-electron chi connectivity index (χ4n) is 4.21. The topological polar surface area (TPSA) is 94.3 Å². The van der Waals surface area contributed by atoms with Gasteiger partial charge in [0.1, 0.15) is 0 Å². The van der Waals surface area contributed by atoms with Crippen molar-refractivity contribution in [2.75, 3.05) is 0 Å². The molecule has 3 aromatic heterocycles. The predicted octanol–water partition coefficient (Wildman–Crippen LogP) is 2.93. The molecule has 0 amide bonds. The van der Waals surface area contributed by atoms with Crippen molar-refractivity contribution in [1.82, 2.24) is 35.0 Å². The summed E-state index contributed by atoms with van der Waals surface area (Å²) in [4.78, 5) is 17.8. The summed E-state index contributed by atoms with van der Waals surface area (Å²) >= 11 is 0. The Morgan fingerprint density at radius 1 is 1.25 bits per heavy atom. The molecule has 0 radical (unpaired) electrons. The lowest BCUT2D eigenvalue weighted by Gasteiger charge is -2.28. The lowest BCUT2D eigenvalue weighted by molar-refractivity contribution is 0.411. The van der Waals surface area contributed by atoms with E-state index in [1.165, 1.54) is 10.4 Å². The molecule has 1 aliphatic carbocycles. The quantitative estimate of drug-likeness (QED) is 0.753. The molecule has 28 heavy (non-hydrogen) atoms. The SMILES string of the molecule is Cc1[nH]c(-c2c3c(nn2C(C)C)C(C)(C)CCC3)cc(=O)c1-c1nnn(C)n1. The van der Waals surface area contributed by atoms with Crippen molar-refractivity contribution in [1.29, 1.82) is 0 Å². The molecule has 0 unspecified atom stereocenters. The third-order valence-electron chi connectivity index (χ3n) is 5.57. The molecule has 8 heteroatoms. The number of nitrogens with zero attached hydrogens (tertiary/aromatic N) is 6. The number of aryl methyl sites for hydroxylation is 2. The Bertz CT molecular complexity index is 1100. The summed E-state index contributed by atoms with van der Waals surface area (Å²) in [7, 11) is 1.68. The zero-order chi connectivity index (χ0) is 20.2. The van der Waals surface area contributed by atoms with E-state index in [9.17, 15) is 4.79 Å². The summed E-state index contributed by atoms with van der Waals surface area (Å²) < 4.78 is 2.06. The fraction of sp³-hybridized carbons (Fsp3) is 0.550. The standard InChI is InChI=1S/C20H27N7O/c1-11(2)27-17(13-8-7-9-20(4,5)18(13)23-27)14-10-15(28)16(12(3)21-14)19-22-25-26(6)24-19/h10-11H,7-9H2,1-6H3,(H,21,28). The van der Waals surface area contributed by atoms with E-state index in [2.05, 4.69) is 52.8 Å². The number of pyridine rings is 1. The first-order valence-electron chi connectivity index (χ1n) is 9.79. The zero-order valence-corrected chi connectivity index (χ0v) is 17.4. The van der Waals surface area contributed by atoms with Crippen LogP contribution in [0.2, 0.25) is 0 Å². The number of nitrogens with one attached hydrogen (secondary N) is 1. The maximum Gasteiger partial charge on any atom is 0.210 e. The lowest BCUT2D eigenvalue weighted by Crippen LogP contribution is -2.24. The fourth-order valence-corrected chi connectivity index (χ4v) is 4.21. The maximum absolute atomic E-state index is 13.0. The van der Waals surface area contributed by atoms with E-state index < -0.39 is 0 Å². The molecule has 8 nitrogen and oxygen atoms in total. The third-order valence-corrected chi connectivity index (χ3v) is 5.57. The second-order valence-corrected chi connectivity index (χ2v) is 8.60. The van der Waals surface area contributed by atoms with Gasteiger partial charge in [-0.3, -0.25) is 9.48 Å². The summed E-state index contributed by atoms with van der Waals surface area (Å²) in [5, 5.41) is 17.0. The molecule has 0 aromatic carbocycles. The van der Waals surface area contributed by atoms with Crippen LogP contribution in [0.4, 0.5) is 0 Å².